The molecule has 1 amide bonds. The van der Waals surface area contributed by atoms with Gasteiger partial charge < -0.3 is 29.7 Å². The minimum absolute atomic E-state index is 0.0118. The zero-order chi connectivity index (χ0) is 44.2. The average Bonchev–Trinajstić information content (AvgIpc) is 3.80. The normalized spacial score (nSPS) is 40.2. The summed E-state index contributed by atoms with van der Waals surface area (Å²) in [5.74, 6) is -0.944. The Bertz CT molecular complexity index is 2000. The molecule has 1 heterocycles. The predicted octanol–water partition coefficient (Wildman–Crippen LogP) is 9.24. The largest absolute Gasteiger partial charge is 0.487 e. The van der Waals surface area contributed by atoms with Crippen LogP contribution in [0.5, 0.6) is 5.75 Å². The van der Waals surface area contributed by atoms with Gasteiger partial charge in [0.15, 0.2) is 5.78 Å². The van der Waals surface area contributed by atoms with E-state index < -0.39 is 34.7 Å². The summed E-state index contributed by atoms with van der Waals surface area (Å²) >= 11 is 6.33. The summed E-state index contributed by atoms with van der Waals surface area (Å²) in [6, 6.07) is 4.97. The van der Waals surface area contributed by atoms with Crippen molar-refractivity contribution in [3.05, 3.63) is 39.9 Å². The molecule has 10 nitrogen and oxygen atoms in total. The van der Waals surface area contributed by atoms with Gasteiger partial charge in [0.1, 0.15) is 18.0 Å². The van der Waals surface area contributed by atoms with Crippen molar-refractivity contribution >= 4 is 35.2 Å². The van der Waals surface area contributed by atoms with Crippen LogP contribution in [0.3, 0.4) is 0 Å². The van der Waals surface area contributed by atoms with E-state index in [1.54, 1.807) is 18.2 Å². The molecule has 12 atom stereocenters. The van der Waals surface area contributed by atoms with Crippen molar-refractivity contribution in [1.82, 2.24) is 5.32 Å². The fourth-order valence-electron chi connectivity index (χ4n) is 15.3. The molecule has 0 unspecified atom stereocenters. The van der Waals surface area contributed by atoms with E-state index in [1.807, 2.05) is 13.8 Å². The minimum Gasteiger partial charge on any atom is -0.487 e. The molecule has 7 aliphatic rings. The van der Waals surface area contributed by atoms with Gasteiger partial charge in [0.25, 0.3) is 5.91 Å². The lowest BCUT2D eigenvalue weighted by atomic mass is 9.33. The number of ether oxygens (including phenoxy) is 3. The summed E-state index contributed by atoms with van der Waals surface area (Å²) in [5.41, 5.74) is 0.648. The van der Waals surface area contributed by atoms with Crippen LogP contribution in [0.15, 0.2) is 29.3 Å². The number of aliphatic hydroxyl groups is 1. The number of Topliss-reactive ketones (excluding diaryl/α,β-unsaturated/α-hetero) is 1. The van der Waals surface area contributed by atoms with E-state index in [9.17, 15) is 29.4 Å². The second-order valence-corrected chi connectivity index (χ2v) is 23.0. The number of carboxylic acids is 1. The molecule has 0 radical (unpaired) electrons. The standard InChI is InChI=1S/C50H70ClNO9/c1-27(2)40-34(53)24-50(38(54)25-52-42(55)30-11-10-28(51)22-35(30)60-29-16-21-59-26-29)20-19-48(8)31(41(40)50)12-13-37-47(7)17-15-39(46(5,6)36(47)14-18-49(37,48)9)61-44(58)33-23-32(43(56)57)45(33,3)4/h10-11,22,27,29,31-33,36-39,54H,12-21,23-26H2,1-9H3,(H,52,55)(H,56,57)/t29-,31-,32+,33-,36+,37-,38+,39+,47+,48-,49-,50+/m1/s1. The number of benzene rings is 1. The van der Waals surface area contributed by atoms with Crippen LogP contribution >= 0.6 is 11.6 Å². The fraction of sp³-hybridized carbons (Fsp3) is 0.760. The third kappa shape index (κ3) is 6.75. The Labute approximate surface area is 367 Å². The van der Waals surface area contributed by atoms with Gasteiger partial charge in [-0.3, -0.25) is 19.2 Å². The summed E-state index contributed by atoms with van der Waals surface area (Å²) in [7, 11) is 0. The molecule has 1 aromatic carbocycles. The van der Waals surface area contributed by atoms with E-state index in [1.165, 1.54) is 0 Å². The lowest BCUT2D eigenvalue weighted by Gasteiger charge is -2.72. The number of ketones is 1. The topological polar surface area (TPSA) is 148 Å². The van der Waals surface area contributed by atoms with Crippen LogP contribution in [0.25, 0.3) is 0 Å². The number of rotatable bonds is 10. The number of nitrogens with one attached hydrogen (secondary N) is 1. The molecule has 11 heteroatoms. The van der Waals surface area contributed by atoms with Gasteiger partial charge in [-0.1, -0.05) is 79.5 Å². The molecule has 5 saturated carbocycles. The van der Waals surface area contributed by atoms with Crippen LogP contribution in [0.4, 0.5) is 0 Å². The van der Waals surface area contributed by atoms with Crippen LogP contribution in [0.2, 0.25) is 5.02 Å². The van der Waals surface area contributed by atoms with Gasteiger partial charge in [-0.2, -0.15) is 0 Å². The number of carboxylic acid groups (broad SMARTS) is 1. The van der Waals surface area contributed by atoms with Crippen molar-refractivity contribution in [2.75, 3.05) is 19.8 Å². The number of halogens is 1. The van der Waals surface area contributed by atoms with E-state index in [4.69, 9.17) is 25.8 Å². The molecule has 1 aromatic rings. The Kier molecular flexibility index (Phi) is 11.2. The molecule has 0 aromatic heterocycles. The molecule has 6 fully saturated rings. The molecule has 61 heavy (non-hydrogen) atoms. The Morgan fingerprint density at radius 3 is 2.30 bits per heavy atom. The summed E-state index contributed by atoms with van der Waals surface area (Å²) in [6.45, 7) is 21.1. The predicted molar refractivity (Wildman–Crippen MR) is 232 cm³/mol. The average molecular weight is 865 g/mol. The zero-order valence-corrected chi connectivity index (χ0v) is 38.7. The number of amides is 1. The first-order chi connectivity index (χ1) is 28.5. The van der Waals surface area contributed by atoms with Crippen molar-refractivity contribution in [3.8, 4) is 5.75 Å². The number of hydrogen-bond donors (Lipinski definition) is 3. The first-order valence-electron chi connectivity index (χ1n) is 23.2. The van der Waals surface area contributed by atoms with Crippen LogP contribution in [0, 0.1) is 68.0 Å². The Morgan fingerprint density at radius 2 is 1.64 bits per heavy atom. The van der Waals surface area contributed by atoms with Crippen LogP contribution in [0.1, 0.15) is 143 Å². The number of allylic oxidation sites excluding steroid dienone is 1. The smallest absolute Gasteiger partial charge is 0.309 e. The third-order valence-corrected chi connectivity index (χ3v) is 19.2. The van der Waals surface area contributed by atoms with Crippen molar-refractivity contribution in [1.29, 1.82) is 0 Å². The molecule has 8 rings (SSSR count). The van der Waals surface area contributed by atoms with E-state index in [0.29, 0.717) is 54.2 Å². The summed E-state index contributed by atoms with van der Waals surface area (Å²) < 4.78 is 18.1. The van der Waals surface area contributed by atoms with Crippen molar-refractivity contribution in [2.45, 2.75) is 151 Å². The number of aliphatic hydroxyl groups excluding tert-OH is 1. The number of carbonyl (C=O) groups is 4. The zero-order valence-electron chi connectivity index (χ0n) is 38.0. The molecule has 6 aliphatic carbocycles. The van der Waals surface area contributed by atoms with Crippen molar-refractivity contribution in [2.24, 2.45) is 68.0 Å². The molecule has 1 aliphatic heterocycles. The summed E-state index contributed by atoms with van der Waals surface area (Å²) in [5, 5.41) is 25.6. The number of carbonyl (C=O) groups excluding carboxylic acids is 3. The highest BCUT2D eigenvalue weighted by Gasteiger charge is 2.71. The molecule has 1 saturated heterocycles. The number of esters is 1. The lowest BCUT2D eigenvalue weighted by Crippen LogP contribution is -2.66. The van der Waals surface area contributed by atoms with E-state index in [2.05, 4.69) is 53.8 Å². The minimum atomic E-state index is -0.950. The van der Waals surface area contributed by atoms with E-state index in [-0.39, 0.29) is 76.3 Å². The number of aliphatic carboxylic acids is 1. The first kappa shape index (κ1) is 44.6. The van der Waals surface area contributed by atoms with Crippen LogP contribution < -0.4 is 10.1 Å². The molecule has 336 valence electrons. The van der Waals surface area contributed by atoms with Gasteiger partial charge in [-0.15, -0.1) is 0 Å². The second-order valence-electron chi connectivity index (χ2n) is 22.6. The van der Waals surface area contributed by atoms with Gasteiger partial charge in [0, 0.05) is 35.2 Å². The maximum atomic E-state index is 14.2. The molecule has 0 bridgehead atoms. The van der Waals surface area contributed by atoms with Crippen LogP contribution in [-0.2, 0) is 23.9 Å². The first-order valence-corrected chi connectivity index (χ1v) is 23.6. The van der Waals surface area contributed by atoms with Crippen LogP contribution in [-0.4, -0.2) is 71.9 Å². The monoisotopic (exact) mass is 863 g/mol. The highest BCUT2D eigenvalue weighted by molar-refractivity contribution is 6.30. The maximum absolute atomic E-state index is 14.2. The Morgan fingerprint density at radius 1 is 0.902 bits per heavy atom. The highest BCUT2D eigenvalue weighted by atomic mass is 35.5. The van der Waals surface area contributed by atoms with E-state index in [0.717, 1.165) is 62.5 Å². The number of hydrogen-bond acceptors (Lipinski definition) is 8. The molecular formula is C50H70ClNO9. The Balaban J connectivity index is 1.02. The molecular weight excluding hydrogens is 794 g/mol. The van der Waals surface area contributed by atoms with Gasteiger partial charge in [0.05, 0.1) is 36.7 Å². The second kappa shape index (κ2) is 15.4. The fourth-order valence-corrected chi connectivity index (χ4v) is 15.5. The van der Waals surface area contributed by atoms with E-state index >= 15 is 0 Å². The SMILES string of the molecule is CC(C)C1=C2[C@H]3CC[C@@H]4[C@@]5(C)CC[C@H](OC(=O)[C@H]6C[C@@H](C(=O)O)C6(C)C)C(C)(C)[C@@H]5CC[C@@]4(C)[C@]3(C)CC[C@@]2([C@@H](O)CNC(=O)c2ccc(Cl)cc2O[C@@H]2CCOC2)CC1=O. The highest BCUT2D eigenvalue weighted by Crippen LogP contribution is 2.77. The quantitative estimate of drug-likeness (QED) is 0.196. The maximum Gasteiger partial charge on any atom is 0.309 e. The van der Waals surface area contributed by atoms with Gasteiger partial charge in [-0.05, 0) is 127 Å². The van der Waals surface area contributed by atoms with Crippen molar-refractivity contribution in [3.63, 3.8) is 0 Å². The summed E-state index contributed by atoms with van der Waals surface area (Å²) in [4.78, 5) is 53.5. The number of fused-ring (bicyclic) bond motifs is 7. The van der Waals surface area contributed by atoms with Gasteiger partial charge >= 0.3 is 11.9 Å². The third-order valence-electron chi connectivity index (χ3n) is 19.0. The summed E-state index contributed by atoms with van der Waals surface area (Å²) in [6.07, 6.45) is 7.30. The van der Waals surface area contributed by atoms with Gasteiger partial charge in [0.2, 0.25) is 0 Å². The van der Waals surface area contributed by atoms with Gasteiger partial charge in [-0.25, -0.2) is 0 Å². The lowest BCUT2D eigenvalue weighted by molar-refractivity contribution is -0.238. The molecule has 0 spiro atoms. The van der Waals surface area contributed by atoms with Crippen molar-refractivity contribution < 1.29 is 43.6 Å². The molecule has 3 N–H and O–H groups in total. The Hall–Kier alpha value is -2.95.